The molecule has 0 spiro atoms. The van der Waals surface area contributed by atoms with Crippen LogP contribution in [0.2, 0.25) is 0 Å². The molecule has 5 aromatic carbocycles. The van der Waals surface area contributed by atoms with Crippen molar-refractivity contribution < 1.29 is 9.31 Å². The summed E-state index contributed by atoms with van der Waals surface area (Å²) in [6.45, 7) is 5.23. The van der Waals surface area contributed by atoms with Gasteiger partial charge in [0.25, 0.3) is 0 Å². The third kappa shape index (κ3) is 4.03. The van der Waals surface area contributed by atoms with Gasteiger partial charge in [-0.15, -0.1) is 0 Å². The fourth-order valence-electron chi connectivity index (χ4n) is 4.90. The Hall–Kier alpha value is -4.05. The van der Waals surface area contributed by atoms with E-state index in [1.807, 2.05) is 18.3 Å². The lowest BCUT2D eigenvalue weighted by molar-refractivity contribution is 0.448. The molecule has 0 unspecified atom stereocenters. The smallest absolute Gasteiger partial charge is 0.521 e. The van der Waals surface area contributed by atoms with E-state index in [2.05, 4.69) is 98.8 Å². The summed E-state index contributed by atoms with van der Waals surface area (Å²) < 4.78 is 13.4. The molecule has 0 N–H and O–H groups in total. The van der Waals surface area contributed by atoms with Crippen molar-refractivity contribution >= 4 is 40.3 Å². The Balaban J connectivity index is 1.54. The van der Waals surface area contributed by atoms with E-state index in [1.165, 1.54) is 10.8 Å². The molecule has 5 aromatic rings. The van der Waals surface area contributed by atoms with E-state index in [9.17, 15) is 0 Å². The molecule has 1 aliphatic rings. The van der Waals surface area contributed by atoms with Crippen molar-refractivity contribution in [3.63, 3.8) is 0 Å². The lowest BCUT2D eigenvalue weighted by Crippen LogP contribution is -2.44. The Morgan fingerprint density at radius 1 is 0.722 bits per heavy atom. The Labute approximate surface area is 212 Å². The van der Waals surface area contributed by atoms with Gasteiger partial charge in [0.1, 0.15) is 11.5 Å². The molecule has 0 radical (unpaired) electrons. The summed E-state index contributed by atoms with van der Waals surface area (Å²) in [5.41, 5.74) is 4.12. The minimum atomic E-state index is -0.599. The Bertz CT molecular complexity index is 1510. The first-order valence-electron chi connectivity index (χ1n) is 12.7. The molecule has 1 atom stereocenters. The number of hydrogen-bond donors (Lipinski definition) is 0. The number of nitrogens with zero attached hydrogens (tertiary/aromatic N) is 1. The number of benzene rings is 5. The van der Waals surface area contributed by atoms with Gasteiger partial charge in [-0.2, -0.15) is 0 Å². The van der Waals surface area contributed by atoms with Crippen LogP contribution < -0.4 is 14.8 Å². The summed E-state index contributed by atoms with van der Waals surface area (Å²) in [6.07, 6.45) is 3.07. The van der Waals surface area contributed by atoms with Gasteiger partial charge in [0.2, 0.25) is 0 Å². The summed E-state index contributed by atoms with van der Waals surface area (Å²) in [7, 11) is -0.599. The Morgan fingerprint density at radius 2 is 1.28 bits per heavy atom. The van der Waals surface area contributed by atoms with Gasteiger partial charge < -0.3 is 9.31 Å². The molecular weight excluding hydrogens is 441 g/mol. The molecule has 176 valence electrons. The van der Waals surface area contributed by atoms with Gasteiger partial charge in [-0.05, 0) is 45.2 Å². The first-order chi connectivity index (χ1) is 17.7. The standard InChI is InChI=1S/C32H28BNO2/c1-3-22(2)20-34-21-25-12-6-9-15-28(25)33-35-29-18-16-23-10-4-7-13-26(23)31(29)32-27-14-8-5-11-24(27)17-19-30(32)36-33/h4-19,21-22H,3,20H2,1-2H3/t22-/m1/s1. The maximum atomic E-state index is 6.69. The van der Waals surface area contributed by atoms with Crippen molar-refractivity contribution in [1.82, 2.24) is 0 Å². The number of hydrogen-bond acceptors (Lipinski definition) is 3. The van der Waals surface area contributed by atoms with Gasteiger partial charge >= 0.3 is 7.12 Å². The molecule has 0 saturated carbocycles. The zero-order valence-corrected chi connectivity index (χ0v) is 20.6. The van der Waals surface area contributed by atoms with Crippen molar-refractivity contribution in [3.8, 4) is 22.6 Å². The molecule has 0 amide bonds. The molecule has 1 heterocycles. The second kappa shape index (κ2) is 9.54. The minimum absolute atomic E-state index is 0.555. The zero-order valence-electron chi connectivity index (χ0n) is 20.6. The molecule has 1 aliphatic heterocycles. The summed E-state index contributed by atoms with van der Waals surface area (Å²) in [5.74, 6) is 2.19. The number of aliphatic imine (C=N–C) groups is 1. The van der Waals surface area contributed by atoms with Crippen molar-refractivity contribution in [2.45, 2.75) is 20.3 Å². The van der Waals surface area contributed by atoms with Gasteiger partial charge in [-0.3, -0.25) is 4.99 Å². The molecular formula is C32H28BNO2. The summed E-state index contributed by atoms with van der Waals surface area (Å²) in [4.78, 5) is 4.73. The van der Waals surface area contributed by atoms with Crippen LogP contribution in [0, 0.1) is 5.92 Å². The molecule has 6 rings (SSSR count). The van der Waals surface area contributed by atoms with Crippen LogP contribution in [0.3, 0.4) is 0 Å². The number of fused-ring (bicyclic) bond motifs is 7. The molecule has 0 bridgehead atoms. The van der Waals surface area contributed by atoms with E-state index in [-0.39, 0.29) is 0 Å². The van der Waals surface area contributed by atoms with E-state index in [4.69, 9.17) is 14.3 Å². The van der Waals surface area contributed by atoms with E-state index >= 15 is 0 Å². The molecule has 0 aromatic heterocycles. The monoisotopic (exact) mass is 469 g/mol. The molecule has 4 heteroatoms. The van der Waals surface area contributed by atoms with Crippen LogP contribution in [-0.4, -0.2) is 19.9 Å². The summed E-state index contributed by atoms with van der Waals surface area (Å²) in [6, 6.07) is 33.6. The summed E-state index contributed by atoms with van der Waals surface area (Å²) >= 11 is 0. The molecule has 0 saturated heterocycles. The zero-order chi connectivity index (χ0) is 24.5. The van der Waals surface area contributed by atoms with Crippen molar-refractivity contribution in [1.29, 1.82) is 0 Å². The fraction of sp³-hybridized carbons (Fsp3) is 0.156. The van der Waals surface area contributed by atoms with Crippen LogP contribution in [0.15, 0.2) is 102 Å². The topological polar surface area (TPSA) is 30.8 Å². The SMILES string of the molecule is CC[C@@H](C)CN=Cc1ccccc1B1Oc2ccc3ccccc3c2-c2c(ccc3ccccc23)O1. The van der Waals surface area contributed by atoms with Crippen LogP contribution in [0.1, 0.15) is 25.8 Å². The molecule has 3 nitrogen and oxygen atoms in total. The van der Waals surface area contributed by atoms with Crippen LogP contribution in [0.5, 0.6) is 11.5 Å². The van der Waals surface area contributed by atoms with Crippen molar-refractivity contribution in [2.75, 3.05) is 6.54 Å². The Kier molecular flexibility index (Phi) is 5.94. The van der Waals surface area contributed by atoms with Gasteiger partial charge in [0.05, 0.1) is 0 Å². The number of rotatable bonds is 5. The average molecular weight is 469 g/mol. The molecule has 0 fully saturated rings. The van der Waals surface area contributed by atoms with E-state index in [0.717, 1.165) is 57.4 Å². The largest absolute Gasteiger partial charge is 0.633 e. The lowest BCUT2D eigenvalue weighted by atomic mass is 9.75. The lowest BCUT2D eigenvalue weighted by Gasteiger charge is -2.16. The third-order valence-electron chi connectivity index (χ3n) is 7.09. The Morgan fingerprint density at radius 3 is 1.89 bits per heavy atom. The van der Waals surface area contributed by atoms with Gasteiger partial charge in [-0.25, -0.2) is 0 Å². The van der Waals surface area contributed by atoms with E-state index < -0.39 is 7.12 Å². The normalized spacial score (nSPS) is 13.7. The highest BCUT2D eigenvalue weighted by molar-refractivity contribution is 6.64. The molecule has 0 aliphatic carbocycles. The van der Waals surface area contributed by atoms with Gasteiger partial charge in [0, 0.05) is 29.3 Å². The second-order valence-corrected chi connectivity index (χ2v) is 9.52. The molecule has 36 heavy (non-hydrogen) atoms. The van der Waals surface area contributed by atoms with E-state index in [0.29, 0.717) is 5.92 Å². The van der Waals surface area contributed by atoms with Crippen molar-refractivity contribution in [3.05, 3.63) is 103 Å². The van der Waals surface area contributed by atoms with Gasteiger partial charge in [0.15, 0.2) is 0 Å². The first-order valence-corrected chi connectivity index (χ1v) is 12.7. The highest BCUT2D eigenvalue weighted by atomic mass is 16.6. The first kappa shape index (κ1) is 22.4. The van der Waals surface area contributed by atoms with E-state index in [1.54, 1.807) is 0 Å². The van der Waals surface area contributed by atoms with Crippen molar-refractivity contribution in [2.24, 2.45) is 10.9 Å². The van der Waals surface area contributed by atoms with Crippen LogP contribution in [0.25, 0.3) is 32.7 Å². The maximum absolute atomic E-state index is 6.69. The third-order valence-corrected chi connectivity index (χ3v) is 7.09. The quantitative estimate of drug-likeness (QED) is 0.200. The van der Waals surface area contributed by atoms with Crippen LogP contribution >= 0.6 is 0 Å². The maximum Gasteiger partial charge on any atom is 0.633 e. The highest BCUT2D eigenvalue weighted by Crippen LogP contribution is 2.47. The second-order valence-electron chi connectivity index (χ2n) is 9.52. The summed E-state index contributed by atoms with van der Waals surface area (Å²) in [5, 5.41) is 4.66. The van der Waals surface area contributed by atoms with Crippen LogP contribution in [-0.2, 0) is 0 Å². The highest BCUT2D eigenvalue weighted by Gasteiger charge is 2.34. The minimum Gasteiger partial charge on any atom is -0.521 e. The predicted octanol–water partition coefficient (Wildman–Crippen LogP) is 7.29. The van der Waals surface area contributed by atoms with Crippen LogP contribution in [0.4, 0.5) is 0 Å². The predicted molar refractivity (Wildman–Crippen MR) is 152 cm³/mol. The average Bonchev–Trinajstić information content (AvgIpc) is 3.10. The fourth-order valence-corrected chi connectivity index (χ4v) is 4.90. The van der Waals surface area contributed by atoms with Gasteiger partial charge in [-0.1, -0.05) is 105 Å².